The minimum atomic E-state index is 0.271. The van der Waals surface area contributed by atoms with E-state index in [0.717, 1.165) is 45.9 Å². The molecule has 0 aromatic carbocycles. The average molecular weight is 200 g/mol. The number of hydrogen-bond acceptors (Lipinski definition) is 4. The molecule has 0 aromatic rings. The monoisotopic (exact) mass is 200 g/mol. The van der Waals surface area contributed by atoms with Crippen LogP contribution in [0.3, 0.4) is 0 Å². The Morgan fingerprint density at radius 2 is 2.14 bits per heavy atom. The highest BCUT2D eigenvalue weighted by Gasteiger charge is 2.21. The maximum absolute atomic E-state index is 5.59. The van der Waals surface area contributed by atoms with Gasteiger partial charge in [-0.05, 0) is 13.3 Å². The van der Waals surface area contributed by atoms with Gasteiger partial charge >= 0.3 is 0 Å². The van der Waals surface area contributed by atoms with Gasteiger partial charge in [-0.1, -0.05) is 0 Å². The van der Waals surface area contributed by atoms with Crippen LogP contribution in [-0.2, 0) is 9.47 Å². The van der Waals surface area contributed by atoms with E-state index in [-0.39, 0.29) is 6.23 Å². The maximum Gasteiger partial charge on any atom is 0.109 e. The molecular weight excluding hydrogens is 180 g/mol. The van der Waals surface area contributed by atoms with Gasteiger partial charge in [-0.3, -0.25) is 10.2 Å². The van der Waals surface area contributed by atoms with Crippen LogP contribution < -0.4 is 5.32 Å². The van der Waals surface area contributed by atoms with Gasteiger partial charge in [-0.25, -0.2) is 0 Å². The Morgan fingerprint density at radius 1 is 1.36 bits per heavy atom. The number of morpholine rings is 1. The van der Waals surface area contributed by atoms with Crippen molar-refractivity contribution in [1.82, 2.24) is 10.2 Å². The van der Waals surface area contributed by atoms with Crippen LogP contribution in [0.2, 0.25) is 0 Å². The lowest BCUT2D eigenvalue weighted by Gasteiger charge is -2.27. The highest BCUT2D eigenvalue weighted by Crippen LogP contribution is 2.07. The Morgan fingerprint density at radius 3 is 2.79 bits per heavy atom. The topological polar surface area (TPSA) is 33.7 Å². The van der Waals surface area contributed by atoms with Gasteiger partial charge in [0.05, 0.1) is 19.8 Å². The van der Waals surface area contributed by atoms with E-state index in [2.05, 4.69) is 17.1 Å². The van der Waals surface area contributed by atoms with Crippen LogP contribution in [0.15, 0.2) is 0 Å². The molecule has 0 amide bonds. The van der Waals surface area contributed by atoms with Gasteiger partial charge in [0.1, 0.15) is 6.23 Å². The molecule has 4 nitrogen and oxygen atoms in total. The first kappa shape index (κ1) is 10.4. The molecule has 2 unspecified atom stereocenters. The summed E-state index contributed by atoms with van der Waals surface area (Å²) in [5.74, 6) is 0. The number of nitrogens with zero attached hydrogens (tertiary/aromatic N) is 1. The second-order valence-electron chi connectivity index (χ2n) is 4.13. The van der Waals surface area contributed by atoms with E-state index in [9.17, 15) is 0 Å². The van der Waals surface area contributed by atoms with Crippen molar-refractivity contribution in [3.63, 3.8) is 0 Å². The quantitative estimate of drug-likeness (QED) is 0.697. The molecule has 1 N–H and O–H groups in total. The first-order chi connectivity index (χ1) is 6.84. The summed E-state index contributed by atoms with van der Waals surface area (Å²) in [5.41, 5.74) is 0. The molecule has 2 fully saturated rings. The fraction of sp³-hybridized carbons (Fsp3) is 1.00. The van der Waals surface area contributed by atoms with E-state index in [0.29, 0.717) is 6.04 Å². The second-order valence-corrected chi connectivity index (χ2v) is 4.13. The van der Waals surface area contributed by atoms with E-state index >= 15 is 0 Å². The zero-order chi connectivity index (χ0) is 9.80. The van der Waals surface area contributed by atoms with Gasteiger partial charge < -0.3 is 9.47 Å². The Hall–Kier alpha value is -0.160. The molecule has 2 aliphatic heterocycles. The van der Waals surface area contributed by atoms with Gasteiger partial charge in [-0.15, -0.1) is 0 Å². The first-order valence-corrected chi connectivity index (χ1v) is 5.52. The van der Waals surface area contributed by atoms with Crippen molar-refractivity contribution in [2.24, 2.45) is 0 Å². The molecule has 0 spiro atoms. The average Bonchev–Trinajstić information content (AvgIpc) is 2.63. The summed E-state index contributed by atoms with van der Waals surface area (Å²) in [7, 11) is 0. The molecule has 0 aliphatic carbocycles. The lowest BCUT2D eigenvalue weighted by Crippen LogP contribution is -2.39. The van der Waals surface area contributed by atoms with Crippen LogP contribution in [0.5, 0.6) is 0 Å². The predicted molar refractivity (Wildman–Crippen MR) is 54.2 cm³/mol. The van der Waals surface area contributed by atoms with Crippen molar-refractivity contribution < 1.29 is 9.47 Å². The standard InChI is InChI=1S/C10H20N2O2/c1-9-8-14-10(11-9)2-3-12-4-6-13-7-5-12/h9-11H,2-8H2,1H3. The van der Waals surface area contributed by atoms with Crippen LogP contribution >= 0.6 is 0 Å². The minimum absolute atomic E-state index is 0.271. The first-order valence-electron chi connectivity index (χ1n) is 5.52. The van der Waals surface area contributed by atoms with Crippen molar-refractivity contribution in [2.75, 3.05) is 39.5 Å². The lowest BCUT2D eigenvalue weighted by molar-refractivity contribution is 0.0245. The van der Waals surface area contributed by atoms with Crippen molar-refractivity contribution in [2.45, 2.75) is 25.6 Å². The van der Waals surface area contributed by atoms with E-state index in [1.165, 1.54) is 0 Å². The van der Waals surface area contributed by atoms with Crippen molar-refractivity contribution in [3.8, 4) is 0 Å². The lowest BCUT2D eigenvalue weighted by atomic mass is 10.3. The second kappa shape index (κ2) is 5.07. The molecule has 2 heterocycles. The smallest absolute Gasteiger partial charge is 0.109 e. The molecular formula is C10H20N2O2. The van der Waals surface area contributed by atoms with Gasteiger partial charge in [0, 0.05) is 25.7 Å². The molecule has 0 aromatic heterocycles. The normalized spacial score (nSPS) is 34.9. The fourth-order valence-corrected chi connectivity index (χ4v) is 1.97. The van der Waals surface area contributed by atoms with Gasteiger partial charge in [0.25, 0.3) is 0 Å². The summed E-state index contributed by atoms with van der Waals surface area (Å²) in [5, 5.41) is 3.41. The molecule has 2 saturated heterocycles. The Labute approximate surface area is 85.5 Å². The number of nitrogens with one attached hydrogen (secondary N) is 1. The molecule has 82 valence electrons. The van der Waals surface area contributed by atoms with Crippen LogP contribution in [-0.4, -0.2) is 56.6 Å². The van der Waals surface area contributed by atoms with Gasteiger partial charge in [0.15, 0.2) is 0 Å². The van der Waals surface area contributed by atoms with Gasteiger partial charge in [-0.2, -0.15) is 0 Å². The Kier molecular flexibility index (Phi) is 3.75. The minimum Gasteiger partial charge on any atom is -0.379 e. The maximum atomic E-state index is 5.59. The molecule has 2 atom stereocenters. The summed E-state index contributed by atoms with van der Waals surface area (Å²) in [6.07, 6.45) is 1.36. The number of ether oxygens (including phenoxy) is 2. The molecule has 2 aliphatic rings. The van der Waals surface area contributed by atoms with Crippen molar-refractivity contribution in [1.29, 1.82) is 0 Å². The molecule has 4 heteroatoms. The molecule has 0 bridgehead atoms. The van der Waals surface area contributed by atoms with Crippen LogP contribution in [0.1, 0.15) is 13.3 Å². The van der Waals surface area contributed by atoms with Gasteiger partial charge in [0.2, 0.25) is 0 Å². The summed E-state index contributed by atoms with van der Waals surface area (Å²) >= 11 is 0. The summed E-state index contributed by atoms with van der Waals surface area (Å²) in [6, 6.07) is 0.518. The summed E-state index contributed by atoms with van der Waals surface area (Å²) in [6.45, 7) is 8.05. The third-order valence-electron chi connectivity index (χ3n) is 2.83. The largest absolute Gasteiger partial charge is 0.379 e. The molecule has 0 saturated carbocycles. The zero-order valence-corrected chi connectivity index (χ0v) is 8.87. The summed E-state index contributed by atoms with van der Waals surface area (Å²) in [4.78, 5) is 2.44. The Bertz CT molecular complexity index is 167. The fourth-order valence-electron chi connectivity index (χ4n) is 1.97. The molecule has 0 radical (unpaired) electrons. The van der Waals surface area contributed by atoms with Crippen molar-refractivity contribution in [3.05, 3.63) is 0 Å². The summed E-state index contributed by atoms with van der Waals surface area (Å²) < 4.78 is 10.9. The van der Waals surface area contributed by atoms with E-state index in [4.69, 9.17) is 9.47 Å². The highest BCUT2D eigenvalue weighted by molar-refractivity contribution is 4.73. The van der Waals surface area contributed by atoms with E-state index < -0.39 is 0 Å². The zero-order valence-electron chi connectivity index (χ0n) is 8.87. The number of rotatable bonds is 3. The number of hydrogen-bond donors (Lipinski definition) is 1. The molecule has 2 rings (SSSR count). The highest BCUT2D eigenvalue weighted by atomic mass is 16.5. The predicted octanol–water partition coefficient (Wildman–Crippen LogP) is 0.0431. The third-order valence-corrected chi connectivity index (χ3v) is 2.83. The van der Waals surface area contributed by atoms with Crippen LogP contribution in [0, 0.1) is 0 Å². The van der Waals surface area contributed by atoms with Crippen LogP contribution in [0.4, 0.5) is 0 Å². The van der Waals surface area contributed by atoms with Crippen molar-refractivity contribution >= 4 is 0 Å². The van der Waals surface area contributed by atoms with Crippen LogP contribution in [0.25, 0.3) is 0 Å². The SMILES string of the molecule is CC1COC(CCN2CCOCC2)N1. The Balaban J connectivity index is 1.61. The third kappa shape index (κ3) is 2.92. The van der Waals surface area contributed by atoms with E-state index in [1.807, 2.05) is 0 Å². The van der Waals surface area contributed by atoms with E-state index in [1.54, 1.807) is 0 Å². The molecule has 14 heavy (non-hydrogen) atoms.